The minimum Gasteiger partial charge on any atom is -0.388 e. The van der Waals surface area contributed by atoms with Crippen molar-refractivity contribution < 1.29 is 14.7 Å². The minimum atomic E-state index is -1.01. The normalized spacial score (nSPS) is 50.5. The summed E-state index contributed by atoms with van der Waals surface area (Å²) in [6, 6.07) is 0. The van der Waals surface area contributed by atoms with Crippen LogP contribution in [0.4, 0.5) is 0 Å². The maximum atomic E-state index is 12.4. The molecular weight excluding hydrogens is 348 g/mol. The van der Waals surface area contributed by atoms with Crippen molar-refractivity contribution in [3.63, 3.8) is 0 Å². The summed E-state index contributed by atoms with van der Waals surface area (Å²) >= 11 is 6.39. The molecule has 0 saturated heterocycles. The van der Waals surface area contributed by atoms with Crippen molar-refractivity contribution in [2.45, 2.75) is 71.3 Å². The second-order valence-corrected chi connectivity index (χ2v) is 10.1. The van der Waals surface area contributed by atoms with E-state index in [2.05, 4.69) is 13.8 Å². The number of aliphatic hydroxyl groups is 1. The first-order chi connectivity index (χ1) is 12.2. The van der Waals surface area contributed by atoms with Gasteiger partial charge in [-0.25, -0.2) is 0 Å². The molecule has 0 aromatic carbocycles. The van der Waals surface area contributed by atoms with Crippen molar-refractivity contribution in [1.82, 2.24) is 0 Å². The predicted molar refractivity (Wildman–Crippen MR) is 102 cm³/mol. The molecule has 26 heavy (non-hydrogen) atoms. The van der Waals surface area contributed by atoms with Gasteiger partial charge in [0.05, 0.1) is 11.5 Å². The third kappa shape index (κ3) is 2.22. The predicted octanol–water partition coefficient (Wildman–Crippen LogP) is 4.30. The van der Waals surface area contributed by atoms with Gasteiger partial charge in [0, 0.05) is 17.8 Å². The van der Waals surface area contributed by atoms with Gasteiger partial charge < -0.3 is 5.11 Å². The Hall–Kier alpha value is -0.670. The monoisotopic (exact) mass is 378 g/mol. The molecule has 7 unspecified atom stereocenters. The van der Waals surface area contributed by atoms with Gasteiger partial charge in [0.1, 0.15) is 5.78 Å². The first-order valence-corrected chi connectivity index (χ1v) is 10.7. The zero-order valence-electron chi connectivity index (χ0n) is 16.2. The van der Waals surface area contributed by atoms with Gasteiger partial charge in [0.25, 0.3) is 0 Å². The van der Waals surface area contributed by atoms with Crippen LogP contribution in [0.2, 0.25) is 0 Å². The Kier molecular flexibility index (Phi) is 4.25. The second kappa shape index (κ2) is 5.91. The fraction of sp³-hybridized carbons (Fsp3) is 0.818. The summed E-state index contributed by atoms with van der Waals surface area (Å²) in [6.07, 6.45) is 7.98. The number of carbonyl (C=O) groups excluding carboxylic acids is 2. The molecule has 4 heteroatoms. The molecule has 3 nitrogen and oxygen atoms in total. The Bertz CT molecular complexity index is 685. The molecule has 0 aliphatic heterocycles. The molecule has 0 spiro atoms. The first kappa shape index (κ1) is 18.7. The van der Waals surface area contributed by atoms with Crippen molar-refractivity contribution in [3.8, 4) is 0 Å². The van der Waals surface area contributed by atoms with E-state index >= 15 is 0 Å². The lowest BCUT2D eigenvalue weighted by molar-refractivity contribution is -0.190. The largest absolute Gasteiger partial charge is 0.388 e. The van der Waals surface area contributed by atoms with E-state index in [9.17, 15) is 14.7 Å². The molecule has 0 aromatic heterocycles. The van der Waals surface area contributed by atoms with E-state index in [1.54, 1.807) is 6.92 Å². The van der Waals surface area contributed by atoms with Crippen LogP contribution in [0.15, 0.2) is 11.6 Å². The fourth-order valence-electron chi connectivity index (χ4n) is 7.55. The highest BCUT2D eigenvalue weighted by molar-refractivity contribution is 6.18. The van der Waals surface area contributed by atoms with E-state index in [0.29, 0.717) is 30.6 Å². The maximum Gasteiger partial charge on any atom is 0.155 e. The lowest BCUT2D eigenvalue weighted by Crippen LogP contribution is -2.64. The van der Waals surface area contributed by atoms with E-state index in [4.69, 9.17) is 11.6 Å². The van der Waals surface area contributed by atoms with Crippen LogP contribution < -0.4 is 0 Å². The zero-order chi connectivity index (χ0) is 18.9. The number of hydrogen-bond donors (Lipinski definition) is 1. The lowest BCUT2D eigenvalue weighted by Gasteiger charge is -2.63. The van der Waals surface area contributed by atoms with Crippen molar-refractivity contribution in [1.29, 1.82) is 0 Å². The molecule has 4 aliphatic carbocycles. The fourth-order valence-corrected chi connectivity index (χ4v) is 7.95. The van der Waals surface area contributed by atoms with Crippen molar-refractivity contribution in [2.75, 3.05) is 5.88 Å². The number of carbonyl (C=O) groups is 2. The van der Waals surface area contributed by atoms with Gasteiger partial charge in [-0.05, 0) is 74.7 Å². The molecule has 7 atom stereocenters. The van der Waals surface area contributed by atoms with Crippen molar-refractivity contribution in [2.24, 2.45) is 34.5 Å². The summed E-state index contributed by atoms with van der Waals surface area (Å²) in [4.78, 5) is 24.4. The number of halogens is 1. The van der Waals surface area contributed by atoms with Crippen molar-refractivity contribution in [3.05, 3.63) is 11.6 Å². The highest BCUT2D eigenvalue weighted by Gasteiger charge is 2.68. The van der Waals surface area contributed by atoms with Crippen LogP contribution in [-0.4, -0.2) is 28.2 Å². The van der Waals surface area contributed by atoms with Crippen LogP contribution in [-0.2, 0) is 9.59 Å². The molecule has 1 N–H and O–H groups in total. The smallest absolute Gasteiger partial charge is 0.155 e. The van der Waals surface area contributed by atoms with E-state index in [0.717, 1.165) is 32.1 Å². The highest BCUT2D eigenvalue weighted by Crippen LogP contribution is 2.69. The van der Waals surface area contributed by atoms with Crippen LogP contribution in [0.5, 0.6) is 0 Å². The third-order valence-electron chi connectivity index (χ3n) is 9.09. The number of Topliss-reactive ketones (excluding diaryl/α,β-unsaturated/α-hetero) is 1. The Balaban J connectivity index is 1.79. The topological polar surface area (TPSA) is 54.4 Å². The van der Waals surface area contributed by atoms with E-state index in [-0.39, 0.29) is 28.8 Å². The third-order valence-corrected chi connectivity index (χ3v) is 9.53. The van der Waals surface area contributed by atoms with Crippen molar-refractivity contribution >= 4 is 23.2 Å². The molecule has 3 fully saturated rings. The number of rotatable bonds is 2. The van der Waals surface area contributed by atoms with Gasteiger partial charge in [-0.15, -0.1) is 11.6 Å². The van der Waals surface area contributed by atoms with Crippen LogP contribution in [0.1, 0.15) is 65.7 Å². The summed E-state index contributed by atoms with van der Waals surface area (Å²) in [5, 5.41) is 11.8. The number of alkyl halides is 1. The quantitative estimate of drug-likeness (QED) is 0.728. The molecule has 4 aliphatic rings. The van der Waals surface area contributed by atoms with E-state index in [1.165, 1.54) is 5.57 Å². The van der Waals surface area contributed by atoms with Gasteiger partial charge in [0.15, 0.2) is 5.78 Å². The van der Waals surface area contributed by atoms with Crippen LogP contribution in [0.3, 0.4) is 0 Å². The molecule has 4 rings (SSSR count). The SMILES string of the molecule is CC(=O)C1CCC2C3CCC4=CC(=O)CCC4(C)C3CC(O)(CCl)C12C. The molecule has 3 saturated carbocycles. The Morgan fingerprint density at radius 3 is 2.62 bits per heavy atom. The van der Waals surface area contributed by atoms with E-state index in [1.807, 2.05) is 6.08 Å². The second-order valence-electron chi connectivity index (χ2n) is 9.86. The summed E-state index contributed by atoms with van der Waals surface area (Å²) in [6.45, 7) is 6.11. The van der Waals surface area contributed by atoms with Crippen LogP contribution in [0.25, 0.3) is 0 Å². The van der Waals surface area contributed by atoms with Crippen LogP contribution >= 0.6 is 11.6 Å². The van der Waals surface area contributed by atoms with Gasteiger partial charge in [-0.3, -0.25) is 9.59 Å². The Morgan fingerprint density at radius 1 is 1.23 bits per heavy atom. The lowest BCUT2D eigenvalue weighted by atomic mass is 9.43. The summed E-state index contributed by atoms with van der Waals surface area (Å²) < 4.78 is 0. The molecule has 0 bridgehead atoms. The first-order valence-electron chi connectivity index (χ1n) is 10.2. The number of hydrogen-bond acceptors (Lipinski definition) is 3. The summed E-state index contributed by atoms with van der Waals surface area (Å²) in [7, 11) is 0. The maximum absolute atomic E-state index is 12.4. The number of allylic oxidation sites excluding steroid dienone is 1. The molecule has 0 radical (unpaired) electrons. The molecular formula is C22H31ClO3. The Labute approximate surface area is 161 Å². The van der Waals surface area contributed by atoms with Gasteiger partial charge in [-0.2, -0.15) is 0 Å². The molecule has 0 aromatic rings. The summed E-state index contributed by atoms with van der Waals surface area (Å²) in [5.74, 6) is 1.75. The number of ketones is 2. The highest BCUT2D eigenvalue weighted by atomic mass is 35.5. The van der Waals surface area contributed by atoms with Crippen LogP contribution in [0, 0.1) is 34.5 Å². The standard InChI is InChI=1S/C22H31ClO3/c1-13(24)17-6-7-18-16-5-4-14-10-15(25)8-9-20(14,2)19(16)11-22(26,12-23)21(17,18)3/h10,16-19,26H,4-9,11-12H2,1-3H3. The molecule has 144 valence electrons. The summed E-state index contributed by atoms with van der Waals surface area (Å²) in [5.41, 5.74) is -0.159. The van der Waals surface area contributed by atoms with Gasteiger partial charge >= 0.3 is 0 Å². The molecule has 0 heterocycles. The Morgan fingerprint density at radius 2 is 1.96 bits per heavy atom. The average molecular weight is 379 g/mol. The average Bonchev–Trinajstić information content (AvgIpc) is 2.96. The van der Waals surface area contributed by atoms with Gasteiger partial charge in [-0.1, -0.05) is 19.4 Å². The molecule has 0 amide bonds. The zero-order valence-corrected chi connectivity index (χ0v) is 16.9. The van der Waals surface area contributed by atoms with Gasteiger partial charge in [0.2, 0.25) is 0 Å². The number of fused-ring (bicyclic) bond motifs is 5. The van der Waals surface area contributed by atoms with E-state index < -0.39 is 11.0 Å². The minimum absolute atomic E-state index is 0.00743.